The van der Waals surface area contributed by atoms with Crippen molar-refractivity contribution in [1.82, 2.24) is 30.2 Å². The minimum absolute atomic E-state index is 0.0138. The van der Waals surface area contributed by atoms with Crippen molar-refractivity contribution in [3.63, 3.8) is 0 Å². The average molecular weight is 486 g/mol. The summed E-state index contributed by atoms with van der Waals surface area (Å²) >= 11 is 0. The molecule has 0 spiro atoms. The highest BCUT2D eigenvalue weighted by Crippen LogP contribution is 2.27. The second kappa shape index (κ2) is 9.00. The van der Waals surface area contributed by atoms with Crippen LogP contribution >= 0.6 is 0 Å². The molecule has 0 saturated heterocycles. The largest absolute Gasteiger partial charge is 0.495 e. The van der Waals surface area contributed by atoms with E-state index in [1.54, 1.807) is 25.6 Å². The van der Waals surface area contributed by atoms with E-state index in [-0.39, 0.29) is 24.1 Å². The molecule has 1 aliphatic carbocycles. The highest BCUT2D eigenvalue weighted by atomic mass is 16.5. The number of carbonyl (C=O) groups is 1. The molecule has 5 heterocycles. The lowest BCUT2D eigenvalue weighted by Gasteiger charge is -2.25. The Labute approximate surface area is 205 Å². The number of amides is 1. The van der Waals surface area contributed by atoms with E-state index < -0.39 is 0 Å². The number of carbonyl (C=O) groups excluding carboxylic acids is 1. The average Bonchev–Trinajstić information content (AvgIpc) is 2.90. The van der Waals surface area contributed by atoms with Gasteiger partial charge in [-0.3, -0.25) is 14.6 Å². The molecular weight excluding hydrogens is 462 g/mol. The molecule has 3 N–H and O–H groups in total. The number of aromatic nitrogens is 5. The predicted octanol–water partition coefficient (Wildman–Crippen LogP) is 1.76. The van der Waals surface area contributed by atoms with Gasteiger partial charge in [-0.05, 0) is 36.6 Å². The minimum Gasteiger partial charge on any atom is -0.495 e. The molecule has 0 saturated carbocycles. The molecule has 1 aliphatic heterocycles. The molecule has 4 aromatic heterocycles. The monoisotopic (exact) mass is 485 g/mol. The van der Waals surface area contributed by atoms with Gasteiger partial charge in [-0.2, -0.15) is 0 Å². The molecular formula is C25H23N7O4. The Hall–Kier alpha value is -4.38. The number of aromatic amines is 1. The number of fused-ring (bicyclic) bond motifs is 3. The van der Waals surface area contributed by atoms with Crippen LogP contribution in [0.5, 0.6) is 11.5 Å². The zero-order valence-electron chi connectivity index (χ0n) is 19.5. The van der Waals surface area contributed by atoms with Crippen molar-refractivity contribution in [1.29, 1.82) is 0 Å². The van der Waals surface area contributed by atoms with E-state index in [2.05, 4.69) is 35.6 Å². The molecule has 6 rings (SSSR count). The summed E-state index contributed by atoms with van der Waals surface area (Å²) < 4.78 is 10.5. The van der Waals surface area contributed by atoms with Crippen LogP contribution < -0.4 is 25.7 Å². The molecule has 182 valence electrons. The van der Waals surface area contributed by atoms with Crippen LogP contribution in [0.15, 0.2) is 41.5 Å². The smallest absolute Gasteiger partial charge is 0.275 e. The molecule has 1 unspecified atom stereocenters. The number of hydrogen-bond donors (Lipinski definition) is 3. The van der Waals surface area contributed by atoms with Gasteiger partial charge in [-0.15, -0.1) is 0 Å². The van der Waals surface area contributed by atoms with Crippen LogP contribution in [0.2, 0.25) is 0 Å². The Kier molecular flexibility index (Phi) is 5.53. The second-order valence-corrected chi connectivity index (χ2v) is 8.80. The zero-order chi connectivity index (χ0) is 24.6. The highest BCUT2D eigenvalue weighted by molar-refractivity contribution is 5.94. The van der Waals surface area contributed by atoms with Gasteiger partial charge in [0.2, 0.25) is 0 Å². The predicted molar refractivity (Wildman–Crippen MR) is 131 cm³/mol. The number of aryl methyl sites for hydroxylation is 1. The van der Waals surface area contributed by atoms with Gasteiger partial charge < -0.3 is 25.1 Å². The number of hydrogen-bond acceptors (Lipinski definition) is 9. The van der Waals surface area contributed by atoms with Gasteiger partial charge in [-0.25, -0.2) is 15.0 Å². The maximum absolute atomic E-state index is 12.7. The number of ether oxygens (including phenoxy) is 2. The van der Waals surface area contributed by atoms with Gasteiger partial charge in [0.05, 0.1) is 24.5 Å². The number of nitrogens with zero attached hydrogens (tertiary/aromatic N) is 4. The minimum atomic E-state index is -0.297. The molecule has 0 radical (unpaired) electrons. The van der Waals surface area contributed by atoms with E-state index in [1.807, 2.05) is 18.2 Å². The van der Waals surface area contributed by atoms with E-state index in [1.165, 1.54) is 0 Å². The van der Waals surface area contributed by atoms with Crippen LogP contribution in [0.1, 0.15) is 23.4 Å². The maximum Gasteiger partial charge on any atom is 0.275 e. The SMILES string of the molecule is COc1cnc2nc(-c3cnc4c(c3)CCC(NCc3ccc5c(n3)NC(=O)CO5)C4)c(=O)[nH]c2c1. The molecule has 0 fully saturated rings. The van der Waals surface area contributed by atoms with Crippen molar-refractivity contribution in [2.75, 3.05) is 19.0 Å². The Morgan fingerprint density at radius 2 is 2.08 bits per heavy atom. The molecule has 11 heteroatoms. The van der Waals surface area contributed by atoms with Crippen LogP contribution in [-0.2, 0) is 24.2 Å². The Bertz CT molecular complexity index is 1550. The van der Waals surface area contributed by atoms with E-state index >= 15 is 0 Å². The summed E-state index contributed by atoms with van der Waals surface area (Å²) in [6.45, 7) is 0.579. The summed E-state index contributed by atoms with van der Waals surface area (Å²) in [4.78, 5) is 45.0. The first-order chi connectivity index (χ1) is 17.6. The maximum atomic E-state index is 12.7. The number of pyridine rings is 3. The van der Waals surface area contributed by atoms with E-state index in [0.717, 1.165) is 36.2 Å². The van der Waals surface area contributed by atoms with Gasteiger partial charge in [0.25, 0.3) is 11.5 Å². The van der Waals surface area contributed by atoms with Crippen molar-refractivity contribution >= 4 is 22.9 Å². The van der Waals surface area contributed by atoms with Gasteiger partial charge in [-0.1, -0.05) is 0 Å². The molecule has 0 bridgehead atoms. The number of rotatable bonds is 5. The first-order valence-electron chi connectivity index (χ1n) is 11.6. The van der Waals surface area contributed by atoms with Gasteiger partial charge in [0, 0.05) is 42.5 Å². The third-order valence-corrected chi connectivity index (χ3v) is 6.40. The quantitative estimate of drug-likeness (QED) is 0.385. The first kappa shape index (κ1) is 22.1. The fraction of sp³-hybridized carbons (Fsp3) is 0.280. The first-order valence-corrected chi connectivity index (χ1v) is 11.6. The number of anilines is 1. The van der Waals surface area contributed by atoms with Crippen LogP contribution in [-0.4, -0.2) is 50.6 Å². The standard InChI is InChI=1S/C25H23N7O4/c1-35-17-8-19-23(28-11-17)32-22(25(34)30-19)14-6-13-2-3-15(7-18(13)27-9-14)26-10-16-4-5-20-24(29-16)31-21(33)12-36-20/h4-6,8-9,11,15,26H,2-3,7,10,12H2,1H3,(H,30,34)(H,29,31,33). The lowest BCUT2D eigenvalue weighted by molar-refractivity contribution is -0.118. The van der Waals surface area contributed by atoms with Gasteiger partial charge in [0.1, 0.15) is 11.4 Å². The summed E-state index contributed by atoms with van der Waals surface area (Å²) in [5.41, 5.74) is 4.56. The molecule has 2 aliphatic rings. The van der Waals surface area contributed by atoms with Gasteiger partial charge in [0.15, 0.2) is 23.8 Å². The van der Waals surface area contributed by atoms with Crippen molar-refractivity contribution in [3.8, 4) is 22.8 Å². The van der Waals surface area contributed by atoms with Crippen LogP contribution in [0, 0.1) is 0 Å². The van der Waals surface area contributed by atoms with E-state index in [0.29, 0.717) is 46.3 Å². The van der Waals surface area contributed by atoms with Crippen LogP contribution in [0.4, 0.5) is 5.82 Å². The third kappa shape index (κ3) is 4.24. The second-order valence-electron chi connectivity index (χ2n) is 8.80. The summed E-state index contributed by atoms with van der Waals surface area (Å²) in [7, 11) is 1.54. The van der Waals surface area contributed by atoms with Gasteiger partial charge >= 0.3 is 0 Å². The number of nitrogens with one attached hydrogen (secondary N) is 3. The zero-order valence-corrected chi connectivity index (χ0v) is 19.5. The number of methoxy groups -OCH3 is 1. The van der Waals surface area contributed by atoms with Crippen LogP contribution in [0.25, 0.3) is 22.4 Å². The number of H-pyrrole nitrogens is 1. The Morgan fingerprint density at radius 1 is 1.17 bits per heavy atom. The van der Waals surface area contributed by atoms with Crippen molar-refractivity contribution in [3.05, 3.63) is 64.0 Å². The molecule has 1 atom stereocenters. The molecule has 0 aromatic carbocycles. The summed E-state index contributed by atoms with van der Waals surface area (Å²) in [5, 5.41) is 6.28. The van der Waals surface area contributed by atoms with E-state index in [4.69, 9.17) is 9.47 Å². The summed E-state index contributed by atoms with van der Waals surface area (Å²) in [6, 6.07) is 7.65. The molecule has 1 amide bonds. The topological polar surface area (TPSA) is 144 Å². The van der Waals surface area contributed by atoms with Crippen molar-refractivity contribution in [2.45, 2.75) is 31.8 Å². The summed E-state index contributed by atoms with van der Waals surface area (Å²) in [6.07, 6.45) is 5.78. The Morgan fingerprint density at radius 3 is 2.97 bits per heavy atom. The fourth-order valence-electron chi connectivity index (χ4n) is 4.52. The Balaban J connectivity index is 1.16. The summed E-state index contributed by atoms with van der Waals surface area (Å²) in [5.74, 6) is 1.39. The normalized spacial score (nSPS) is 16.6. The lowest BCUT2D eigenvalue weighted by atomic mass is 9.91. The molecule has 11 nitrogen and oxygen atoms in total. The molecule has 4 aromatic rings. The van der Waals surface area contributed by atoms with E-state index in [9.17, 15) is 9.59 Å². The lowest BCUT2D eigenvalue weighted by Crippen LogP contribution is -2.35. The van der Waals surface area contributed by atoms with Crippen molar-refractivity contribution < 1.29 is 14.3 Å². The third-order valence-electron chi connectivity index (χ3n) is 6.40. The fourth-order valence-corrected chi connectivity index (χ4v) is 4.52. The highest BCUT2D eigenvalue weighted by Gasteiger charge is 2.22. The molecule has 36 heavy (non-hydrogen) atoms. The van der Waals surface area contributed by atoms with Crippen molar-refractivity contribution in [2.24, 2.45) is 0 Å². The van der Waals surface area contributed by atoms with Crippen LogP contribution in [0.3, 0.4) is 0 Å².